The van der Waals surface area contributed by atoms with E-state index in [1.54, 1.807) is 24.3 Å². The lowest BCUT2D eigenvalue weighted by atomic mass is 9.84. The van der Waals surface area contributed by atoms with E-state index >= 15 is 0 Å². The molecule has 2 aromatic carbocycles. The van der Waals surface area contributed by atoms with Crippen LogP contribution in [0.4, 0.5) is 14.6 Å². The molecule has 0 aliphatic carbocycles. The molecule has 0 spiro atoms. The smallest absolute Gasteiger partial charge is 0.148 e. The summed E-state index contributed by atoms with van der Waals surface area (Å²) in [5, 5.41) is 11.6. The van der Waals surface area contributed by atoms with E-state index in [9.17, 15) is 8.78 Å². The van der Waals surface area contributed by atoms with Gasteiger partial charge in [-0.05, 0) is 54.1 Å². The van der Waals surface area contributed by atoms with Crippen LogP contribution in [-0.4, -0.2) is 16.7 Å². The Kier molecular flexibility index (Phi) is 4.74. The van der Waals surface area contributed by atoms with Crippen LogP contribution in [0.25, 0.3) is 11.3 Å². The summed E-state index contributed by atoms with van der Waals surface area (Å²) in [4.78, 5) is 0. The Labute approximate surface area is 145 Å². The summed E-state index contributed by atoms with van der Waals surface area (Å²) in [6.07, 6.45) is 0. The standard InChI is InChI=1S/C20H19F2N3/c1-20(2,15-5-9-17(22)10-6-15)13-23-19-12-11-18(24-25-19)14-3-7-16(21)8-4-14/h3-12H,13H2,1-2H3,(H,23,25). The van der Waals surface area contributed by atoms with Crippen molar-refractivity contribution in [1.29, 1.82) is 0 Å². The maximum absolute atomic E-state index is 13.1. The topological polar surface area (TPSA) is 37.8 Å². The number of rotatable bonds is 5. The molecule has 1 aromatic heterocycles. The molecule has 0 unspecified atom stereocenters. The highest BCUT2D eigenvalue weighted by Gasteiger charge is 2.20. The predicted molar refractivity (Wildman–Crippen MR) is 95.3 cm³/mol. The first kappa shape index (κ1) is 17.0. The van der Waals surface area contributed by atoms with Gasteiger partial charge in [0, 0.05) is 17.5 Å². The number of benzene rings is 2. The lowest BCUT2D eigenvalue weighted by molar-refractivity contribution is 0.552. The second kappa shape index (κ2) is 6.97. The average molecular weight is 339 g/mol. The molecule has 25 heavy (non-hydrogen) atoms. The minimum Gasteiger partial charge on any atom is -0.368 e. The molecule has 0 aliphatic rings. The van der Waals surface area contributed by atoms with Gasteiger partial charge in [0.1, 0.15) is 17.5 Å². The Morgan fingerprint density at radius 1 is 0.800 bits per heavy atom. The van der Waals surface area contributed by atoms with Gasteiger partial charge >= 0.3 is 0 Å². The molecule has 0 amide bonds. The van der Waals surface area contributed by atoms with Crippen LogP contribution in [-0.2, 0) is 5.41 Å². The SMILES string of the molecule is CC(C)(CNc1ccc(-c2ccc(F)cc2)nn1)c1ccc(F)cc1. The average Bonchev–Trinajstić information content (AvgIpc) is 2.62. The van der Waals surface area contributed by atoms with Crippen LogP contribution >= 0.6 is 0 Å². The van der Waals surface area contributed by atoms with Crippen LogP contribution < -0.4 is 5.32 Å². The summed E-state index contributed by atoms with van der Waals surface area (Å²) in [6, 6.07) is 16.3. The molecule has 128 valence electrons. The second-order valence-corrected chi connectivity index (χ2v) is 6.56. The largest absolute Gasteiger partial charge is 0.368 e. The fourth-order valence-electron chi connectivity index (χ4n) is 2.52. The number of halogens is 2. The molecule has 3 aromatic rings. The van der Waals surface area contributed by atoms with Gasteiger partial charge in [0.2, 0.25) is 0 Å². The van der Waals surface area contributed by atoms with Gasteiger partial charge in [0.15, 0.2) is 0 Å². The van der Waals surface area contributed by atoms with Gasteiger partial charge in [0.25, 0.3) is 0 Å². The molecule has 0 atom stereocenters. The highest BCUT2D eigenvalue weighted by Crippen LogP contribution is 2.24. The highest BCUT2D eigenvalue weighted by molar-refractivity contribution is 5.59. The van der Waals surface area contributed by atoms with E-state index in [1.807, 2.05) is 12.1 Å². The molecule has 0 saturated heterocycles. The lowest BCUT2D eigenvalue weighted by Gasteiger charge is -2.25. The van der Waals surface area contributed by atoms with Crippen LogP contribution in [0, 0.1) is 11.6 Å². The molecule has 0 bridgehead atoms. The summed E-state index contributed by atoms with van der Waals surface area (Å²) < 4.78 is 26.0. The zero-order valence-electron chi connectivity index (χ0n) is 14.1. The number of nitrogens with one attached hydrogen (secondary N) is 1. The molecule has 0 fully saturated rings. The number of aromatic nitrogens is 2. The molecule has 3 rings (SSSR count). The van der Waals surface area contributed by atoms with E-state index in [4.69, 9.17) is 0 Å². The summed E-state index contributed by atoms with van der Waals surface area (Å²) in [5.41, 5.74) is 2.35. The lowest BCUT2D eigenvalue weighted by Crippen LogP contribution is -2.28. The van der Waals surface area contributed by atoms with Gasteiger partial charge in [-0.3, -0.25) is 0 Å². The number of anilines is 1. The van der Waals surface area contributed by atoms with Gasteiger partial charge in [-0.15, -0.1) is 10.2 Å². The van der Waals surface area contributed by atoms with Gasteiger partial charge in [-0.1, -0.05) is 26.0 Å². The Morgan fingerprint density at radius 2 is 1.40 bits per heavy atom. The molecule has 0 radical (unpaired) electrons. The number of hydrogen-bond acceptors (Lipinski definition) is 3. The fourth-order valence-corrected chi connectivity index (χ4v) is 2.52. The van der Waals surface area contributed by atoms with Crippen LogP contribution in [0.3, 0.4) is 0 Å². The van der Waals surface area contributed by atoms with Gasteiger partial charge in [-0.25, -0.2) is 8.78 Å². The second-order valence-electron chi connectivity index (χ2n) is 6.56. The van der Waals surface area contributed by atoms with Crippen molar-refractivity contribution < 1.29 is 8.78 Å². The third-order valence-electron chi connectivity index (χ3n) is 4.14. The summed E-state index contributed by atoms with van der Waals surface area (Å²) in [7, 11) is 0. The molecule has 1 N–H and O–H groups in total. The van der Waals surface area contributed by atoms with E-state index in [0.717, 1.165) is 11.1 Å². The van der Waals surface area contributed by atoms with Gasteiger partial charge < -0.3 is 5.32 Å². The number of hydrogen-bond donors (Lipinski definition) is 1. The zero-order chi connectivity index (χ0) is 17.9. The van der Waals surface area contributed by atoms with E-state index in [-0.39, 0.29) is 17.0 Å². The highest BCUT2D eigenvalue weighted by atomic mass is 19.1. The fraction of sp³-hybridized carbons (Fsp3) is 0.200. The van der Waals surface area contributed by atoms with Crippen molar-refractivity contribution in [2.24, 2.45) is 0 Å². The van der Waals surface area contributed by atoms with Crippen molar-refractivity contribution in [3.8, 4) is 11.3 Å². The van der Waals surface area contributed by atoms with Crippen LogP contribution in [0.1, 0.15) is 19.4 Å². The third kappa shape index (κ3) is 4.18. The first-order valence-electron chi connectivity index (χ1n) is 8.04. The van der Waals surface area contributed by atoms with E-state index in [1.165, 1.54) is 24.3 Å². The Morgan fingerprint density at radius 3 is 1.96 bits per heavy atom. The monoisotopic (exact) mass is 339 g/mol. The quantitative estimate of drug-likeness (QED) is 0.725. The minimum absolute atomic E-state index is 0.189. The van der Waals surface area contributed by atoms with Crippen LogP contribution in [0.2, 0.25) is 0 Å². The molecule has 1 heterocycles. The van der Waals surface area contributed by atoms with Crippen LogP contribution in [0.5, 0.6) is 0 Å². The van der Waals surface area contributed by atoms with Crippen molar-refractivity contribution in [1.82, 2.24) is 10.2 Å². The summed E-state index contributed by atoms with van der Waals surface area (Å²) in [6.45, 7) is 4.78. The van der Waals surface area contributed by atoms with Gasteiger partial charge in [0.05, 0.1) is 5.69 Å². The number of nitrogens with zero attached hydrogens (tertiary/aromatic N) is 2. The van der Waals surface area contributed by atoms with Crippen molar-refractivity contribution in [2.45, 2.75) is 19.3 Å². The van der Waals surface area contributed by atoms with Crippen molar-refractivity contribution in [3.63, 3.8) is 0 Å². The van der Waals surface area contributed by atoms with Crippen molar-refractivity contribution >= 4 is 5.82 Å². The maximum Gasteiger partial charge on any atom is 0.148 e. The van der Waals surface area contributed by atoms with Crippen molar-refractivity contribution in [3.05, 3.63) is 77.9 Å². The molecule has 0 saturated carbocycles. The normalized spacial score (nSPS) is 11.4. The third-order valence-corrected chi connectivity index (χ3v) is 4.14. The first-order chi connectivity index (χ1) is 11.9. The van der Waals surface area contributed by atoms with E-state index in [2.05, 4.69) is 29.4 Å². The summed E-state index contributed by atoms with van der Waals surface area (Å²) in [5.74, 6) is 0.133. The predicted octanol–water partition coefficient (Wildman–Crippen LogP) is 4.81. The summed E-state index contributed by atoms with van der Waals surface area (Å²) >= 11 is 0. The van der Waals surface area contributed by atoms with Crippen LogP contribution in [0.15, 0.2) is 60.7 Å². The molecule has 0 aliphatic heterocycles. The molecule has 5 heteroatoms. The minimum atomic E-state index is -0.280. The Balaban J connectivity index is 1.67. The Bertz CT molecular complexity index is 826. The van der Waals surface area contributed by atoms with Gasteiger partial charge in [-0.2, -0.15) is 0 Å². The molecular weight excluding hydrogens is 320 g/mol. The zero-order valence-corrected chi connectivity index (χ0v) is 14.1. The molecule has 3 nitrogen and oxygen atoms in total. The van der Waals surface area contributed by atoms with Crippen molar-refractivity contribution in [2.75, 3.05) is 11.9 Å². The van der Waals surface area contributed by atoms with E-state index in [0.29, 0.717) is 18.1 Å². The first-order valence-corrected chi connectivity index (χ1v) is 8.04. The Hall–Kier alpha value is -2.82. The maximum atomic E-state index is 13.1. The molecular formula is C20H19F2N3. The van der Waals surface area contributed by atoms with E-state index < -0.39 is 0 Å².